The summed E-state index contributed by atoms with van der Waals surface area (Å²) in [6.07, 6.45) is 6.22. The fraction of sp³-hybridized carbons (Fsp3) is 0.686. The van der Waals surface area contributed by atoms with E-state index in [1.807, 2.05) is 63.6 Å². The quantitative estimate of drug-likeness (QED) is 0.112. The number of unbranched alkanes of at least 4 members (excludes halogenated alkanes) is 1. The fourth-order valence-corrected chi connectivity index (χ4v) is 6.90. The number of aliphatic carboxylic acids is 1. The molecule has 242 valence electrons. The third-order valence-corrected chi connectivity index (χ3v) is 14.7. The van der Waals surface area contributed by atoms with Crippen LogP contribution in [0.1, 0.15) is 105 Å². The molecule has 1 aromatic carbocycles. The minimum Gasteiger partial charge on any atom is -0.481 e. The first-order valence-corrected chi connectivity index (χ1v) is 18.8. The number of imidazole rings is 1. The minimum absolute atomic E-state index is 0.0738. The molecule has 0 amide bonds. The summed E-state index contributed by atoms with van der Waals surface area (Å²) < 4.78 is 8.62. The van der Waals surface area contributed by atoms with Crippen LogP contribution in [0.25, 0.3) is 11.0 Å². The van der Waals surface area contributed by atoms with Gasteiger partial charge in [-0.15, -0.1) is 0 Å². The zero-order chi connectivity index (χ0) is 32.9. The number of aromatic nitrogens is 2. The predicted molar refractivity (Wildman–Crippen MR) is 179 cm³/mol. The van der Waals surface area contributed by atoms with Gasteiger partial charge in [0.05, 0.1) is 29.7 Å². The van der Waals surface area contributed by atoms with Crippen molar-refractivity contribution in [3.63, 3.8) is 0 Å². The molecule has 43 heavy (non-hydrogen) atoms. The third kappa shape index (κ3) is 9.35. The summed E-state index contributed by atoms with van der Waals surface area (Å²) >= 11 is 0. The molecular weight excluding hydrogens is 556 g/mol. The van der Waals surface area contributed by atoms with Crippen LogP contribution in [0.2, 0.25) is 18.1 Å². The number of allylic oxidation sites excluding steroid dienone is 1. The molecule has 8 heteroatoms. The molecule has 2 aromatic rings. The summed E-state index contributed by atoms with van der Waals surface area (Å²) in [6.45, 7) is 22.6. The molecular formula is C35H58N2O5Si. The minimum atomic E-state index is -2.28. The van der Waals surface area contributed by atoms with Gasteiger partial charge in [-0.05, 0) is 73.9 Å². The van der Waals surface area contributed by atoms with Gasteiger partial charge < -0.3 is 19.2 Å². The van der Waals surface area contributed by atoms with Gasteiger partial charge in [-0.2, -0.15) is 0 Å². The van der Waals surface area contributed by atoms with Crippen molar-refractivity contribution in [2.75, 3.05) is 0 Å². The lowest BCUT2D eigenvalue weighted by atomic mass is 9.70. The van der Waals surface area contributed by atoms with E-state index >= 15 is 0 Å². The van der Waals surface area contributed by atoms with Gasteiger partial charge >= 0.3 is 5.97 Å². The van der Waals surface area contributed by atoms with Gasteiger partial charge in [0.1, 0.15) is 11.6 Å². The van der Waals surface area contributed by atoms with Gasteiger partial charge in [-0.25, -0.2) is 4.98 Å². The van der Waals surface area contributed by atoms with E-state index in [2.05, 4.69) is 58.8 Å². The van der Waals surface area contributed by atoms with Crippen molar-refractivity contribution in [1.29, 1.82) is 0 Å². The maximum Gasteiger partial charge on any atom is 0.305 e. The zero-order valence-corrected chi connectivity index (χ0v) is 29.8. The van der Waals surface area contributed by atoms with E-state index in [-0.39, 0.29) is 29.1 Å². The summed E-state index contributed by atoms with van der Waals surface area (Å²) in [4.78, 5) is 30.2. The number of carbonyl (C=O) groups is 2. The van der Waals surface area contributed by atoms with E-state index in [9.17, 15) is 19.8 Å². The molecule has 2 N–H and O–H groups in total. The van der Waals surface area contributed by atoms with E-state index in [0.29, 0.717) is 12.3 Å². The van der Waals surface area contributed by atoms with E-state index in [1.54, 1.807) is 0 Å². The smallest absolute Gasteiger partial charge is 0.305 e. The Morgan fingerprint density at radius 1 is 1.09 bits per heavy atom. The second kappa shape index (κ2) is 14.7. The second-order valence-electron chi connectivity index (χ2n) is 14.8. The number of carboxylic acids is 1. The number of rotatable bonds is 16. The second-order valence-corrected chi connectivity index (χ2v) is 19.6. The van der Waals surface area contributed by atoms with Crippen molar-refractivity contribution in [2.45, 2.75) is 125 Å². The summed E-state index contributed by atoms with van der Waals surface area (Å²) in [5.74, 6) is 0.358. The van der Waals surface area contributed by atoms with Crippen molar-refractivity contribution in [3.8, 4) is 0 Å². The summed E-state index contributed by atoms with van der Waals surface area (Å²) in [6, 6.07) is 5.95. The highest BCUT2D eigenvalue weighted by Gasteiger charge is 2.47. The SMILES string of the molecule is Cc1nc2cc([C@@H](O)C/C=C/CCC[C@H](C)[C@H](C)[C@@H](C)C(=O)C(C)(C)[C@H](CC(=O)O)O[Si](C)(C)C(C)(C)C)ccc2n1C. The van der Waals surface area contributed by atoms with Crippen LogP contribution in [-0.4, -0.2) is 45.9 Å². The number of carboxylic acid groups (broad SMARTS) is 1. The number of Topliss-reactive ketones (excluding diaryl/α,β-unsaturated/α-hetero) is 1. The van der Waals surface area contributed by atoms with Crippen LogP contribution >= 0.6 is 0 Å². The number of aliphatic hydroxyl groups is 1. The molecule has 0 saturated heterocycles. The molecule has 5 atom stereocenters. The van der Waals surface area contributed by atoms with Crippen LogP contribution in [0.3, 0.4) is 0 Å². The summed E-state index contributed by atoms with van der Waals surface area (Å²) in [5, 5.41) is 20.3. The average Bonchev–Trinajstić information content (AvgIpc) is 3.19. The van der Waals surface area contributed by atoms with Crippen molar-refractivity contribution in [2.24, 2.45) is 30.2 Å². The van der Waals surface area contributed by atoms with Crippen LogP contribution < -0.4 is 0 Å². The Hall–Kier alpha value is -2.29. The van der Waals surface area contributed by atoms with Gasteiger partial charge in [0.15, 0.2) is 8.32 Å². The number of aryl methyl sites for hydroxylation is 2. The molecule has 0 saturated carbocycles. The summed E-state index contributed by atoms with van der Waals surface area (Å²) in [7, 11) is -0.289. The molecule has 1 heterocycles. The molecule has 0 bridgehead atoms. The highest BCUT2D eigenvalue weighted by molar-refractivity contribution is 6.74. The lowest BCUT2D eigenvalue weighted by Crippen LogP contribution is -2.52. The van der Waals surface area contributed by atoms with E-state index in [0.717, 1.165) is 41.7 Å². The highest BCUT2D eigenvalue weighted by atomic mass is 28.4. The predicted octanol–water partition coefficient (Wildman–Crippen LogP) is 8.40. The fourth-order valence-electron chi connectivity index (χ4n) is 5.46. The van der Waals surface area contributed by atoms with E-state index in [1.165, 1.54) is 0 Å². The first-order valence-electron chi connectivity index (χ1n) is 15.9. The summed E-state index contributed by atoms with van der Waals surface area (Å²) in [5.41, 5.74) is 1.93. The standard InChI is InChI=1S/C35H58N2O5Si/c1-23(17-15-13-14-16-18-30(38)27-19-20-29-28(21-27)36-26(4)37(29)10)24(2)25(3)33(41)35(8,9)31(22-32(39)40)42-43(11,12)34(5,6)7/h14,16,19-21,23-25,30-31,38H,13,15,17-18,22H2,1-12H3,(H,39,40)/b16-14+/t23-,24-,25+,30-,31-/m0/s1. The molecule has 0 aliphatic carbocycles. The van der Waals surface area contributed by atoms with Gasteiger partial charge in [0, 0.05) is 18.4 Å². The largest absolute Gasteiger partial charge is 0.481 e. The molecule has 0 unspecified atom stereocenters. The molecule has 7 nitrogen and oxygen atoms in total. The Kier molecular flexibility index (Phi) is 12.6. The van der Waals surface area contributed by atoms with Gasteiger partial charge in [-0.1, -0.05) is 80.0 Å². The molecule has 0 radical (unpaired) electrons. The maximum absolute atomic E-state index is 13.9. The number of carbonyl (C=O) groups excluding carboxylic acids is 1. The van der Waals surface area contributed by atoms with Crippen LogP contribution in [0.5, 0.6) is 0 Å². The maximum atomic E-state index is 13.9. The monoisotopic (exact) mass is 614 g/mol. The number of benzene rings is 1. The van der Waals surface area contributed by atoms with Crippen LogP contribution in [0.4, 0.5) is 0 Å². The molecule has 0 fully saturated rings. The van der Waals surface area contributed by atoms with Gasteiger partial charge in [-0.3, -0.25) is 9.59 Å². The van der Waals surface area contributed by atoms with Gasteiger partial charge in [0.2, 0.25) is 0 Å². The molecule has 0 aliphatic rings. The Morgan fingerprint density at radius 3 is 2.30 bits per heavy atom. The first-order chi connectivity index (χ1) is 19.7. The van der Waals surface area contributed by atoms with Gasteiger partial charge in [0.25, 0.3) is 0 Å². The highest BCUT2D eigenvalue weighted by Crippen LogP contribution is 2.42. The van der Waals surface area contributed by atoms with E-state index in [4.69, 9.17) is 4.43 Å². The Labute approximate surface area is 261 Å². The van der Waals surface area contributed by atoms with Crippen molar-refractivity contribution >= 4 is 31.1 Å². The normalized spacial score (nSPS) is 16.8. The third-order valence-electron chi connectivity index (χ3n) is 10.2. The molecule has 0 spiro atoms. The number of hydrogen-bond donors (Lipinski definition) is 2. The molecule has 0 aliphatic heterocycles. The lowest BCUT2D eigenvalue weighted by molar-refractivity contribution is -0.145. The van der Waals surface area contributed by atoms with Crippen LogP contribution in [0.15, 0.2) is 30.4 Å². The van der Waals surface area contributed by atoms with Crippen molar-refractivity contribution < 1.29 is 24.2 Å². The average molecular weight is 615 g/mol. The lowest BCUT2D eigenvalue weighted by Gasteiger charge is -2.44. The van der Waals surface area contributed by atoms with E-state index < -0.39 is 31.9 Å². The number of fused-ring (bicyclic) bond motifs is 1. The number of aliphatic hydroxyl groups excluding tert-OH is 1. The van der Waals surface area contributed by atoms with Crippen molar-refractivity contribution in [1.82, 2.24) is 9.55 Å². The van der Waals surface area contributed by atoms with Crippen LogP contribution in [-0.2, 0) is 21.1 Å². The molecule has 1 aromatic heterocycles. The number of nitrogens with zero attached hydrogens (tertiary/aromatic N) is 2. The van der Waals surface area contributed by atoms with Crippen molar-refractivity contribution in [3.05, 3.63) is 41.7 Å². The Bertz CT molecular complexity index is 1270. The first kappa shape index (κ1) is 36.9. The van der Waals surface area contributed by atoms with Crippen LogP contribution in [0, 0.1) is 30.1 Å². The molecule has 2 rings (SSSR count). The Balaban J connectivity index is 1.92. The topological polar surface area (TPSA) is 102 Å². The zero-order valence-electron chi connectivity index (χ0n) is 28.8. The number of hydrogen-bond acceptors (Lipinski definition) is 5. The Morgan fingerprint density at radius 2 is 1.72 bits per heavy atom. The number of ketones is 1.